The molecule has 0 aliphatic heterocycles. The van der Waals surface area contributed by atoms with Gasteiger partial charge in [-0.15, -0.1) is 0 Å². The average Bonchev–Trinajstić information content (AvgIpc) is 3.49. The summed E-state index contributed by atoms with van der Waals surface area (Å²) in [7, 11) is 0. The Hall–Kier alpha value is 0. The van der Waals surface area contributed by atoms with Gasteiger partial charge in [0.2, 0.25) is 0 Å². The summed E-state index contributed by atoms with van der Waals surface area (Å²) in [4.78, 5) is 0. The van der Waals surface area contributed by atoms with Crippen LogP contribution in [0.5, 0.6) is 0 Å². The van der Waals surface area contributed by atoms with E-state index in [4.69, 9.17) is 0 Å². The van der Waals surface area contributed by atoms with Crippen LogP contribution >= 0.6 is 0 Å². The molecule has 0 bridgehead atoms. The first-order chi connectivity index (χ1) is 13.9. The molecule has 0 amide bonds. The third-order valence-corrected chi connectivity index (χ3v) is 10.9. The summed E-state index contributed by atoms with van der Waals surface area (Å²) in [5.41, 5.74) is 0. The first kappa shape index (κ1) is 19.9. The zero-order valence-electron chi connectivity index (χ0n) is 18.8. The molecule has 160 valence electrons. The molecular formula is C28H48. The summed E-state index contributed by atoms with van der Waals surface area (Å²) >= 11 is 0. The molecule has 5 rings (SSSR count). The third-order valence-electron chi connectivity index (χ3n) is 10.9. The summed E-state index contributed by atoms with van der Waals surface area (Å²) in [5, 5.41) is 0. The predicted molar refractivity (Wildman–Crippen MR) is 120 cm³/mol. The molecular weight excluding hydrogens is 336 g/mol. The highest BCUT2D eigenvalue weighted by Crippen LogP contribution is 2.49. The summed E-state index contributed by atoms with van der Waals surface area (Å²) < 4.78 is 0. The fourth-order valence-electron chi connectivity index (χ4n) is 9.12. The van der Waals surface area contributed by atoms with E-state index in [1.807, 2.05) is 0 Å². The Morgan fingerprint density at radius 1 is 0.179 bits per heavy atom. The Morgan fingerprint density at radius 3 is 0.500 bits per heavy atom. The van der Waals surface area contributed by atoms with Crippen LogP contribution in [0.2, 0.25) is 0 Å². The summed E-state index contributed by atoms with van der Waals surface area (Å²) in [6.07, 6.45) is 31.7. The van der Waals surface area contributed by atoms with Crippen molar-refractivity contribution in [2.75, 3.05) is 0 Å². The van der Waals surface area contributed by atoms with Gasteiger partial charge in [0.15, 0.2) is 0 Å². The Balaban J connectivity index is 1.02. The van der Waals surface area contributed by atoms with Gasteiger partial charge in [-0.1, -0.05) is 51.4 Å². The molecule has 0 heteroatoms. The predicted octanol–water partition coefficient (Wildman–Crippen LogP) is 8.79. The molecule has 0 saturated heterocycles. The first-order valence-electron chi connectivity index (χ1n) is 13.9. The van der Waals surface area contributed by atoms with Crippen LogP contribution in [0.1, 0.15) is 128 Å². The first-order valence-corrected chi connectivity index (χ1v) is 13.9. The van der Waals surface area contributed by atoms with Crippen molar-refractivity contribution in [3.63, 3.8) is 0 Å². The van der Waals surface area contributed by atoms with Crippen molar-refractivity contribution in [2.45, 2.75) is 128 Å². The second-order valence-electron chi connectivity index (χ2n) is 12.1. The van der Waals surface area contributed by atoms with Crippen molar-refractivity contribution in [3.8, 4) is 0 Å². The lowest BCUT2D eigenvalue weighted by Crippen LogP contribution is -2.31. The van der Waals surface area contributed by atoms with Gasteiger partial charge in [-0.25, -0.2) is 0 Å². The second kappa shape index (κ2) is 9.43. The van der Waals surface area contributed by atoms with Crippen LogP contribution in [0.15, 0.2) is 0 Å². The van der Waals surface area contributed by atoms with Crippen molar-refractivity contribution < 1.29 is 0 Å². The minimum Gasteiger partial charge on any atom is -0.0530 e. The molecule has 0 aromatic carbocycles. The van der Waals surface area contributed by atoms with E-state index < -0.39 is 0 Å². The molecule has 5 fully saturated rings. The Bertz CT molecular complexity index is 400. The van der Waals surface area contributed by atoms with E-state index in [2.05, 4.69) is 0 Å². The van der Waals surface area contributed by atoms with E-state index in [0.717, 1.165) is 47.3 Å². The molecule has 0 atom stereocenters. The molecule has 0 aromatic heterocycles. The van der Waals surface area contributed by atoms with Crippen molar-refractivity contribution >= 4 is 0 Å². The standard InChI is InChI=1S/C28H48/c1-2-6-21(5-1)23-9-13-25(14-10-23)27-17-19-28(20-18-27)26-15-11-24(12-16-26)22-7-3-4-8-22/h21-28H,1-20H2. The van der Waals surface area contributed by atoms with Crippen LogP contribution in [0, 0.1) is 47.3 Å². The van der Waals surface area contributed by atoms with E-state index in [1.54, 1.807) is 103 Å². The molecule has 5 aliphatic carbocycles. The highest BCUT2D eigenvalue weighted by atomic mass is 14.4. The van der Waals surface area contributed by atoms with Crippen LogP contribution < -0.4 is 0 Å². The van der Waals surface area contributed by atoms with Gasteiger partial charge >= 0.3 is 0 Å². The molecule has 0 N–H and O–H groups in total. The lowest BCUT2D eigenvalue weighted by molar-refractivity contribution is 0.0896. The smallest absolute Gasteiger partial charge is 0.0386 e. The Labute approximate surface area is 176 Å². The van der Waals surface area contributed by atoms with Crippen molar-refractivity contribution in [2.24, 2.45) is 47.3 Å². The van der Waals surface area contributed by atoms with Gasteiger partial charge in [0, 0.05) is 0 Å². The van der Waals surface area contributed by atoms with Crippen LogP contribution in [0.25, 0.3) is 0 Å². The van der Waals surface area contributed by atoms with Gasteiger partial charge in [-0.2, -0.15) is 0 Å². The van der Waals surface area contributed by atoms with Crippen molar-refractivity contribution in [1.82, 2.24) is 0 Å². The van der Waals surface area contributed by atoms with Gasteiger partial charge in [-0.05, 0) is 124 Å². The minimum absolute atomic E-state index is 1.12. The van der Waals surface area contributed by atoms with E-state index in [9.17, 15) is 0 Å². The fourth-order valence-corrected chi connectivity index (χ4v) is 9.12. The van der Waals surface area contributed by atoms with E-state index in [-0.39, 0.29) is 0 Å². The van der Waals surface area contributed by atoms with E-state index in [1.165, 1.54) is 25.7 Å². The quantitative estimate of drug-likeness (QED) is 0.454. The fraction of sp³-hybridized carbons (Fsp3) is 1.00. The molecule has 0 heterocycles. The molecule has 0 unspecified atom stereocenters. The van der Waals surface area contributed by atoms with Crippen molar-refractivity contribution in [1.29, 1.82) is 0 Å². The average molecular weight is 385 g/mol. The van der Waals surface area contributed by atoms with Crippen LogP contribution in [0.4, 0.5) is 0 Å². The Morgan fingerprint density at radius 2 is 0.321 bits per heavy atom. The lowest BCUT2D eigenvalue weighted by Gasteiger charge is -2.42. The Kier molecular flexibility index (Phi) is 6.71. The normalized spacial score (nSPS) is 44.1. The maximum Gasteiger partial charge on any atom is -0.0386 e. The molecule has 5 saturated carbocycles. The molecule has 0 spiro atoms. The van der Waals surface area contributed by atoms with Gasteiger partial charge in [0.1, 0.15) is 0 Å². The van der Waals surface area contributed by atoms with Gasteiger partial charge in [0.05, 0.1) is 0 Å². The molecule has 0 radical (unpaired) electrons. The van der Waals surface area contributed by atoms with Crippen LogP contribution in [-0.4, -0.2) is 0 Å². The number of rotatable bonds is 4. The van der Waals surface area contributed by atoms with Gasteiger partial charge in [-0.3, -0.25) is 0 Å². The van der Waals surface area contributed by atoms with Gasteiger partial charge in [0.25, 0.3) is 0 Å². The van der Waals surface area contributed by atoms with Crippen LogP contribution in [0.3, 0.4) is 0 Å². The summed E-state index contributed by atoms with van der Waals surface area (Å²) in [5.74, 6) is 9.02. The summed E-state index contributed by atoms with van der Waals surface area (Å²) in [6, 6.07) is 0. The van der Waals surface area contributed by atoms with E-state index >= 15 is 0 Å². The van der Waals surface area contributed by atoms with E-state index in [0.29, 0.717) is 0 Å². The second-order valence-corrected chi connectivity index (χ2v) is 12.1. The highest BCUT2D eigenvalue weighted by Gasteiger charge is 2.37. The largest absolute Gasteiger partial charge is 0.0530 e. The third kappa shape index (κ3) is 4.51. The SMILES string of the molecule is C1CCC(C2CCC(C3CCC(C4CCC(C5CCCC5)CC4)CC3)CC2)C1. The topological polar surface area (TPSA) is 0 Å². The number of hydrogen-bond acceptors (Lipinski definition) is 0. The summed E-state index contributed by atoms with van der Waals surface area (Å²) in [6.45, 7) is 0. The van der Waals surface area contributed by atoms with Crippen molar-refractivity contribution in [3.05, 3.63) is 0 Å². The molecule has 28 heavy (non-hydrogen) atoms. The maximum absolute atomic E-state index is 1.60. The molecule has 0 nitrogen and oxygen atoms in total. The van der Waals surface area contributed by atoms with Crippen LogP contribution in [-0.2, 0) is 0 Å². The molecule has 0 aromatic rings. The monoisotopic (exact) mass is 384 g/mol. The van der Waals surface area contributed by atoms with Gasteiger partial charge < -0.3 is 0 Å². The zero-order valence-corrected chi connectivity index (χ0v) is 18.8. The minimum atomic E-state index is 1.12. The zero-order chi connectivity index (χ0) is 18.8. The highest BCUT2D eigenvalue weighted by molar-refractivity contribution is 4.88. The lowest BCUT2D eigenvalue weighted by atomic mass is 9.63. The number of hydrogen-bond donors (Lipinski definition) is 0. The maximum atomic E-state index is 1.60. The molecule has 5 aliphatic rings.